The summed E-state index contributed by atoms with van der Waals surface area (Å²) in [6.07, 6.45) is 2.92. The Balaban J connectivity index is 1.39. The van der Waals surface area contributed by atoms with Crippen LogP contribution in [0.2, 0.25) is 0 Å². The minimum absolute atomic E-state index is 0.0585. The molecule has 3 fully saturated rings. The lowest BCUT2D eigenvalue weighted by Gasteiger charge is -2.22. The summed E-state index contributed by atoms with van der Waals surface area (Å²) >= 11 is 0. The first-order chi connectivity index (χ1) is 10.8. The first kappa shape index (κ1) is 14.1. The second-order valence-electron chi connectivity index (χ2n) is 6.28. The summed E-state index contributed by atoms with van der Waals surface area (Å²) in [6.45, 7) is 4.49. The summed E-state index contributed by atoms with van der Waals surface area (Å²) in [5.41, 5.74) is 1.06. The standard InChI is InChI=1S/C16H21N3O3/c20-16(19-6-3-7-22-19)14-11-21-15-10-18(9-13(14)15)8-12-4-1-2-5-17-12/h1-2,4-5,13-15H,3,6-11H2/t13-,14+,15-/m1/s1. The molecule has 1 aromatic rings. The maximum Gasteiger partial charge on any atom is 0.251 e. The molecule has 0 unspecified atom stereocenters. The number of aromatic nitrogens is 1. The van der Waals surface area contributed by atoms with Crippen molar-refractivity contribution in [2.24, 2.45) is 11.8 Å². The SMILES string of the molecule is O=C([C@H]1CO[C@@H]2CN(Cc3ccccn3)C[C@H]12)N1CCCO1. The number of fused-ring (bicyclic) bond motifs is 1. The van der Waals surface area contributed by atoms with Crippen LogP contribution in [-0.2, 0) is 20.9 Å². The number of carbonyl (C=O) groups excluding carboxylic acids is 1. The Morgan fingerprint density at radius 2 is 2.32 bits per heavy atom. The summed E-state index contributed by atoms with van der Waals surface area (Å²) in [5.74, 6) is 0.321. The van der Waals surface area contributed by atoms with Gasteiger partial charge in [0.2, 0.25) is 0 Å². The summed E-state index contributed by atoms with van der Waals surface area (Å²) in [7, 11) is 0. The second-order valence-corrected chi connectivity index (χ2v) is 6.28. The van der Waals surface area contributed by atoms with Crippen molar-refractivity contribution in [3.8, 4) is 0 Å². The lowest BCUT2D eigenvalue weighted by molar-refractivity contribution is -0.174. The molecule has 0 bridgehead atoms. The highest BCUT2D eigenvalue weighted by Gasteiger charge is 2.48. The minimum atomic E-state index is -0.0585. The Kier molecular flexibility index (Phi) is 3.82. The first-order valence-electron chi connectivity index (χ1n) is 7.99. The van der Waals surface area contributed by atoms with Gasteiger partial charge in [0.05, 0.1) is 37.5 Å². The highest BCUT2D eigenvalue weighted by Crippen LogP contribution is 2.35. The van der Waals surface area contributed by atoms with Crippen LogP contribution in [0.1, 0.15) is 12.1 Å². The third-order valence-corrected chi connectivity index (χ3v) is 4.82. The van der Waals surface area contributed by atoms with Gasteiger partial charge in [-0.1, -0.05) is 6.07 Å². The second kappa shape index (κ2) is 5.95. The molecule has 3 aliphatic heterocycles. The van der Waals surface area contributed by atoms with Crippen LogP contribution in [0, 0.1) is 11.8 Å². The van der Waals surface area contributed by atoms with Crippen LogP contribution >= 0.6 is 0 Å². The summed E-state index contributed by atoms with van der Waals surface area (Å²) in [6, 6.07) is 5.97. The molecule has 3 atom stereocenters. The van der Waals surface area contributed by atoms with Crippen molar-refractivity contribution >= 4 is 5.91 Å². The summed E-state index contributed by atoms with van der Waals surface area (Å²) in [4.78, 5) is 24.7. The molecular formula is C16H21N3O3. The highest BCUT2D eigenvalue weighted by atomic mass is 16.7. The van der Waals surface area contributed by atoms with Crippen LogP contribution in [0.5, 0.6) is 0 Å². The van der Waals surface area contributed by atoms with Gasteiger partial charge in [0.15, 0.2) is 0 Å². The van der Waals surface area contributed by atoms with Gasteiger partial charge in [-0.25, -0.2) is 5.06 Å². The van der Waals surface area contributed by atoms with E-state index in [4.69, 9.17) is 9.57 Å². The van der Waals surface area contributed by atoms with E-state index in [1.165, 1.54) is 5.06 Å². The Bertz CT molecular complexity index is 533. The van der Waals surface area contributed by atoms with Gasteiger partial charge in [-0.2, -0.15) is 0 Å². The molecule has 6 nitrogen and oxygen atoms in total. The van der Waals surface area contributed by atoms with Crippen molar-refractivity contribution in [2.75, 3.05) is 32.8 Å². The number of hydrogen-bond donors (Lipinski definition) is 0. The summed E-state index contributed by atoms with van der Waals surface area (Å²) in [5, 5.41) is 1.54. The zero-order chi connectivity index (χ0) is 14.9. The number of likely N-dealkylation sites (tertiary alicyclic amines) is 1. The fraction of sp³-hybridized carbons (Fsp3) is 0.625. The molecule has 0 aliphatic carbocycles. The highest BCUT2D eigenvalue weighted by molar-refractivity contribution is 5.79. The number of hydrogen-bond acceptors (Lipinski definition) is 5. The number of hydroxylamine groups is 2. The average molecular weight is 303 g/mol. The molecule has 1 aromatic heterocycles. The normalized spacial score (nSPS) is 31.6. The van der Waals surface area contributed by atoms with Gasteiger partial charge < -0.3 is 4.74 Å². The van der Waals surface area contributed by atoms with Crippen molar-refractivity contribution in [3.05, 3.63) is 30.1 Å². The predicted molar refractivity (Wildman–Crippen MR) is 78.5 cm³/mol. The quantitative estimate of drug-likeness (QED) is 0.822. The van der Waals surface area contributed by atoms with Crippen LogP contribution in [0.3, 0.4) is 0 Å². The minimum Gasteiger partial charge on any atom is -0.376 e. The fourth-order valence-corrected chi connectivity index (χ4v) is 3.70. The van der Waals surface area contributed by atoms with Crippen molar-refractivity contribution in [2.45, 2.75) is 19.1 Å². The molecule has 6 heteroatoms. The van der Waals surface area contributed by atoms with Gasteiger partial charge in [0.25, 0.3) is 5.91 Å². The molecule has 1 amide bonds. The molecule has 0 saturated carbocycles. The molecule has 22 heavy (non-hydrogen) atoms. The number of ether oxygens (including phenoxy) is 1. The average Bonchev–Trinajstić information content (AvgIpc) is 3.24. The Hall–Kier alpha value is -1.50. The molecule has 0 spiro atoms. The van der Waals surface area contributed by atoms with Gasteiger partial charge in [-0.05, 0) is 18.6 Å². The van der Waals surface area contributed by atoms with Crippen LogP contribution in [0.25, 0.3) is 0 Å². The molecule has 0 radical (unpaired) electrons. The number of nitrogens with zero attached hydrogens (tertiary/aromatic N) is 3. The zero-order valence-electron chi connectivity index (χ0n) is 12.6. The maximum atomic E-state index is 12.5. The van der Waals surface area contributed by atoms with E-state index in [-0.39, 0.29) is 23.8 Å². The van der Waals surface area contributed by atoms with Crippen LogP contribution in [0.4, 0.5) is 0 Å². The molecule has 3 saturated heterocycles. The lowest BCUT2D eigenvalue weighted by atomic mass is 9.92. The van der Waals surface area contributed by atoms with E-state index in [1.54, 1.807) is 0 Å². The maximum absolute atomic E-state index is 12.5. The fourth-order valence-electron chi connectivity index (χ4n) is 3.70. The molecule has 3 aliphatic rings. The van der Waals surface area contributed by atoms with E-state index in [1.807, 2.05) is 24.4 Å². The van der Waals surface area contributed by atoms with Crippen molar-refractivity contribution in [1.29, 1.82) is 0 Å². The van der Waals surface area contributed by atoms with E-state index < -0.39 is 0 Å². The van der Waals surface area contributed by atoms with E-state index in [2.05, 4.69) is 9.88 Å². The molecule has 0 aromatic carbocycles. The van der Waals surface area contributed by atoms with Crippen molar-refractivity contribution < 1.29 is 14.4 Å². The first-order valence-corrected chi connectivity index (χ1v) is 7.99. The van der Waals surface area contributed by atoms with Gasteiger partial charge in [0, 0.05) is 31.7 Å². The number of carbonyl (C=O) groups is 1. The smallest absolute Gasteiger partial charge is 0.251 e. The monoisotopic (exact) mass is 303 g/mol. The predicted octanol–water partition coefficient (Wildman–Crippen LogP) is 0.692. The Morgan fingerprint density at radius 3 is 3.09 bits per heavy atom. The molecule has 0 N–H and O–H groups in total. The number of amides is 1. The van der Waals surface area contributed by atoms with Gasteiger partial charge in [0.1, 0.15) is 0 Å². The number of pyridine rings is 1. The van der Waals surface area contributed by atoms with Gasteiger partial charge in [-0.3, -0.25) is 19.5 Å². The molecule has 118 valence electrons. The number of rotatable bonds is 3. The van der Waals surface area contributed by atoms with Gasteiger partial charge in [-0.15, -0.1) is 0 Å². The lowest BCUT2D eigenvalue weighted by Crippen LogP contribution is -2.38. The third-order valence-electron chi connectivity index (χ3n) is 4.82. The van der Waals surface area contributed by atoms with E-state index in [0.29, 0.717) is 19.8 Å². The molecule has 4 heterocycles. The Labute approximate surface area is 130 Å². The third kappa shape index (κ3) is 2.62. The van der Waals surface area contributed by atoms with E-state index in [9.17, 15) is 4.79 Å². The van der Waals surface area contributed by atoms with Crippen LogP contribution in [0.15, 0.2) is 24.4 Å². The zero-order valence-corrected chi connectivity index (χ0v) is 12.6. The van der Waals surface area contributed by atoms with Crippen LogP contribution < -0.4 is 0 Å². The topological polar surface area (TPSA) is 54.9 Å². The summed E-state index contributed by atoms with van der Waals surface area (Å²) < 4.78 is 5.87. The van der Waals surface area contributed by atoms with Crippen LogP contribution in [-0.4, -0.2) is 59.8 Å². The van der Waals surface area contributed by atoms with E-state index in [0.717, 1.165) is 31.7 Å². The van der Waals surface area contributed by atoms with E-state index >= 15 is 0 Å². The van der Waals surface area contributed by atoms with Crippen molar-refractivity contribution in [1.82, 2.24) is 14.9 Å². The van der Waals surface area contributed by atoms with Gasteiger partial charge >= 0.3 is 0 Å². The largest absolute Gasteiger partial charge is 0.376 e. The van der Waals surface area contributed by atoms with Crippen molar-refractivity contribution in [3.63, 3.8) is 0 Å². The molecular weight excluding hydrogens is 282 g/mol. The molecule has 4 rings (SSSR count). The Morgan fingerprint density at radius 1 is 1.36 bits per heavy atom.